The fraction of sp³-hybridized carbons (Fsp3) is 0.333. The molecule has 156 valence electrons. The summed E-state index contributed by atoms with van der Waals surface area (Å²) in [6.07, 6.45) is 4.83. The average molecular weight is 431 g/mol. The molecule has 0 aliphatic heterocycles. The largest absolute Gasteiger partial charge is 0.352 e. The molecule has 3 aromatic rings. The van der Waals surface area contributed by atoms with Gasteiger partial charge in [-0.2, -0.15) is 5.26 Å². The lowest BCUT2D eigenvalue weighted by Gasteiger charge is -2.18. The predicted octanol–water partition coefficient (Wildman–Crippen LogP) is 3.65. The van der Waals surface area contributed by atoms with Crippen LogP contribution in [0.15, 0.2) is 58.5 Å². The monoisotopic (exact) mass is 430 g/mol. The standard InChI is InChI=1S/C24H22N4O2S/c25-13-15-5-11-18(12-6-15)28-23(30)19-3-1-2-4-20(19)26-24(28)31-14-21(29)27-22(16-7-8-16)17-9-10-17/h1-6,11-12,16-17,22H,7-10,14H2,(H,27,29). The van der Waals surface area contributed by atoms with Crippen LogP contribution in [0.2, 0.25) is 0 Å². The number of aromatic nitrogens is 2. The van der Waals surface area contributed by atoms with Crippen molar-refractivity contribution in [1.29, 1.82) is 5.26 Å². The van der Waals surface area contributed by atoms with Crippen LogP contribution in [0.25, 0.3) is 16.6 Å². The molecule has 6 nitrogen and oxygen atoms in total. The third-order valence-electron chi connectivity index (χ3n) is 5.92. The highest BCUT2D eigenvalue weighted by Crippen LogP contribution is 2.44. The fourth-order valence-electron chi connectivity index (χ4n) is 4.01. The van der Waals surface area contributed by atoms with Crippen molar-refractivity contribution in [2.75, 3.05) is 5.75 Å². The third kappa shape index (κ3) is 4.21. The highest BCUT2D eigenvalue weighted by atomic mass is 32.2. The fourth-order valence-corrected chi connectivity index (χ4v) is 4.83. The van der Waals surface area contributed by atoms with Crippen LogP contribution in [0.4, 0.5) is 0 Å². The van der Waals surface area contributed by atoms with E-state index in [0.29, 0.717) is 45.2 Å². The first-order valence-electron chi connectivity index (χ1n) is 10.6. The van der Waals surface area contributed by atoms with E-state index in [9.17, 15) is 9.59 Å². The van der Waals surface area contributed by atoms with E-state index in [4.69, 9.17) is 5.26 Å². The second kappa shape index (κ2) is 8.20. The molecular formula is C24H22N4O2S. The summed E-state index contributed by atoms with van der Waals surface area (Å²) in [4.78, 5) is 30.6. The van der Waals surface area contributed by atoms with E-state index in [1.807, 2.05) is 12.1 Å². The Labute approximate surface area is 184 Å². The molecule has 2 fully saturated rings. The molecule has 1 heterocycles. The van der Waals surface area contributed by atoms with Crippen molar-refractivity contribution in [2.24, 2.45) is 11.8 Å². The molecule has 0 bridgehead atoms. The summed E-state index contributed by atoms with van der Waals surface area (Å²) in [5, 5.41) is 13.3. The number of fused-ring (bicyclic) bond motifs is 1. The zero-order valence-corrected chi connectivity index (χ0v) is 17.8. The minimum absolute atomic E-state index is 0.0115. The van der Waals surface area contributed by atoms with Gasteiger partial charge in [-0.1, -0.05) is 23.9 Å². The first kappa shape index (κ1) is 19.8. The zero-order chi connectivity index (χ0) is 21.4. The van der Waals surface area contributed by atoms with Crippen molar-refractivity contribution in [3.05, 3.63) is 64.4 Å². The van der Waals surface area contributed by atoms with Crippen LogP contribution < -0.4 is 10.9 Å². The number of hydrogen-bond donors (Lipinski definition) is 1. The van der Waals surface area contributed by atoms with Crippen molar-refractivity contribution >= 4 is 28.6 Å². The Balaban J connectivity index is 1.44. The normalized spacial score (nSPS) is 15.7. The topological polar surface area (TPSA) is 87.8 Å². The van der Waals surface area contributed by atoms with Crippen molar-refractivity contribution in [2.45, 2.75) is 36.9 Å². The average Bonchev–Trinajstić information content (AvgIpc) is 3.70. The molecule has 5 rings (SSSR count). The molecule has 0 radical (unpaired) electrons. The quantitative estimate of drug-likeness (QED) is 0.457. The summed E-state index contributed by atoms with van der Waals surface area (Å²) in [5.41, 5.74) is 1.56. The number of carbonyl (C=O) groups is 1. The van der Waals surface area contributed by atoms with Crippen molar-refractivity contribution < 1.29 is 4.79 Å². The lowest BCUT2D eigenvalue weighted by molar-refractivity contribution is -0.119. The lowest BCUT2D eigenvalue weighted by atomic mass is 10.1. The van der Waals surface area contributed by atoms with Crippen LogP contribution in [0.5, 0.6) is 0 Å². The summed E-state index contributed by atoms with van der Waals surface area (Å²) >= 11 is 1.27. The summed E-state index contributed by atoms with van der Waals surface area (Å²) in [5.74, 6) is 1.47. The summed E-state index contributed by atoms with van der Waals surface area (Å²) < 4.78 is 1.53. The van der Waals surface area contributed by atoms with Crippen LogP contribution in [-0.2, 0) is 4.79 Å². The lowest BCUT2D eigenvalue weighted by Crippen LogP contribution is -2.39. The molecule has 2 aromatic carbocycles. The Morgan fingerprint density at radius 3 is 2.45 bits per heavy atom. The van der Waals surface area contributed by atoms with E-state index < -0.39 is 0 Å². The number of para-hydroxylation sites is 1. The molecule has 1 amide bonds. The zero-order valence-electron chi connectivity index (χ0n) is 17.0. The number of benzene rings is 2. The van der Waals surface area contributed by atoms with Gasteiger partial charge in [0.15, 0.2) is 5.16 Å². The molecule has 0 saturated heterocycles. The van der Waals surface area contributed by atoms with Gasteiger partial charge in [-0.3, -0.25) is 14.2 Å². The van der Waals surface area contributed by atoms with Crippen LogP contribution in [-0.4, -0.2) is 27.3 Å². The Hall–Kier alpha value is -3.11. The summed E-state index contributed by atoms with van der Waals surface area (Å²) in [6, 6.07) is 16.4. The highest BCUT2D eigenvalue weighted by molar-refractivity contribution is 7.99. The van der Waals surface area contributed by atoms with Gasteiger partial charge in [0.25, 0.3) is 5.56 Å². The van der Waals surface area contributed by atoms with Crippen molar-refractivity contribution in [3.8, 4) is 11.8 Å². The Bertz CT molecular complexity index is 1230. The molecule has 31 heavy (non-hydrogen) atoms. The summed E-state index contributed by atoms with van der Waals surface area (Å²) in [7, 11) is 0. The number of nitrogens with zero attached hydrogens (tertiary/aromatic N) is 3. The van der Waals surface area contributed by atoms with Gasteiger partial charge >= 0.3 is 0 Å². The highest BCUT2D eigenvalue weighted by Gasteiger charge is 2.42. The van der Waals surface area contributed by atoms with Gasteiger partial charge in [-0.15, -0.1) is 0 Å². The Morgan fingerprint density at radius 2 is 1.81 bits per heavy atom. The first-order valence-corrected chi connectivity index (χ1v) is 11.6. The van der Waals surface area contributed by atoms with Gasteiger partial charge in [0.1, 0.15) is 0 Å². The second-order valence-electron chi connectivity index (χ2n) is 8.27. The van der Waals surface area contributed by atoms with Gasteiger partial charge in [0, 0.05) is 6.04 Å². The first-order chi connectivity index (χ1) is 15.1. The molecule has 0 spiro atoms. The molecule has 2 aliphatic rings. The van der Waals surface area contributed by atoms with Crippen LogP contribution in [0.1, 0.15) is 31.2 Å². The number of nitriles is 1. The smallest absolute Gasteiger partial charge is 0.266 e. The van der Waals surface area contributed by atoms with Crippen molar-refractivity contribution in [3.63, 3.8) is 0 Å². The maximum Gasteiger partial charge on any atom is 0.266 e. The Kier molecular flexibility index (Phi) is 5.24. The van der Waals surface area contributed by atoms with E-state index in [-0.39, 0.29) is 17.2 Å². The minimum Gasteiger partial charge on any atom is -0.352 e. The number of carbonyl (C=O) groups excluding carboxylic acids is 1. The third-order valence-corrected chi connectivity index (χ3v) is 6.86. The maximum atomic E-state index is 13.3. The SMILES string of the molecule is N#Cc1ccc(-n2c(SCC(=O)NC(C3CC3)C3CC3)nc3ccccc3c2=O)cc1. The van der Waals surface area contributed by atoms with E-state index in [1.165, 1.54) is 42.0 Å². The van der Waals surface area contributed by atoms with Gasteiger partial charge < -0.3 is 5.32 Å². The molecule has 1 aromatic heterocycles. The van der Waals surface area contributed by atoms with Gasteiger partial charge in [0.05, 0.1) is 34.0 Å². The number of hydrogen-bond acceptors (Lipinski definition) is 5. The number of rotatable bonds is 7. The van der Waals surface area contributed by atoms with Crippen LogP contribution in [0.3, 0.4) is 0 Å². The van der Waals surface area contributed by atoms with E-state index in [0.717, 1.165) is 0 Å². The number of thioether (sulfide) groups is 1. The predicted molar refractivity (Wildman–Crippen MR) is 120 cm³/mol. The minimum atomic E-state index is -0.188. The second-order valence-corrected chi connectivity index (χ2v) is 9.21. The summed E-state index contributed by atoms with van der Waals surface area (Å²) in [6.45, 7) is 0. The molecule has 0 unspecified atom stereocenters. The molecule has 2 aliphatic carbocycles. The van der Waals surface area contributed by atoms with E-state index in [2.05, 4.69) is 16.4 Å². The van der Waals surface area contributed by atoms with E-state index in [1.54, 1.807) is 36.4 Å². The maximum absolute atomic E-state index is 13.3. The van der Waals surface area contributed by atoms with Crippen LogP contribution >= 0.6 is 11.8 Å². The number of nitrogens with one attached hydrogen (secondary N) is 1. The van der Waals surface area contributed by atoms with E-state index >= 15 is 0 Å². The Morgan fingerprint density at radius 1 is 1.13 bits per heavy atom. The van der Waals surface area contributed by atoms with Crippen molar-refractivity contribution in [1.82, 2.24) is 14.9 Å². The molecular weight excluding hydrogens is 408 g/mol. The van der Waals surface area contributed by atoms with Gasteiger partial charge in [-0.05, 0) is 73.9 Å². The van der Waals surface area contributed by atoms with Gasteiger partial charge in [-0.25, -0.2) is 4.98 Å². The molecule has 0 atom stereocenters. The number of amides is 1. The molecule has 7 heteroatoms. The molecule has 2 saturated carbocycles. The van der Waals surface area contributed by atoms with Crippen LogP contribution in [0, 0.1) is 23.2 Å². The molecule has 1 N–H and O–H groups in total. The van der Waals surface area contributed by atoms with Gasteiger partial charge in [0.2, 0.25) is 5.91 Å².